The maximum Gasteiger partial charge on any atom is 0.220 e. The largest absolute Gasteiger partial charge is 0.349 e. The van der Waals surface area contributed by atoms with Gasteiger partial charge in [0, 0.05) is 31.6 Å². The smallest absolute Gasteiger partial charge is 0.220 e. The zero-order chi connectivity index (χ0) is 24.8. The molecule has 1 aromatic carbocycles. The Bertz CT molecular complexity index is 973. The van der Waals surface area contributed by atoms with Crippen molar-refractivity contribution in [2.45, 2.75) is 97.4 Å². The van der Waals surface area contributed by atoms with Gasteiger partial charge in [-0.15, -0.1) is 0 Å². The maximum absolute atomic E-state index is 13.5. The fourth-order valence-electron chi connectivity index (χ4n) is 8.99. The van der Waals surface area contributed by atoms with Gasteiger partial charge in [0.1, 0.15) is 11.6 Å². The minimum atomic E-state index is 0.0713. The number of amides is 1. The van der Waals surface area contributed by atoms with Crippen molar-refractivity contribution in [1.82, 2.24) is 5.32 Å². The lowest BCUT2D eigenvalue weighted by atomic mass is 9.44. The molecular formula is C31H43NO3. The van der Waals surface area contributed by atoms with E-state index in [9.17, 15) is 14.4 Å². The van der Waals surface area contributed by atoms with Crippen molar-refractivity contribution in [3.05, 3.63) is 35.9 Å². The molecule has 0 aromatic heterocycles. The highest BCUT2D eigenvalue weighted by atomic mass is 16.1. The first-order chi connectivity index (χ1) is 16.8. The lowest BCUT2D eigenvalue weighted by molar-refractivity contribution is -0.158. The lowest BCUT2D eigenvalue weighted by Crippen LogP contribution is -2.56. The number of Topliss-reactive ketones (excluding diaryl/α,β-unsaturated/α-hetero) is 2. The van der Waals surface area contributed by atoms with Crippen LogP contribution >= 0.6 is 0 Å². The lowest BCUT2D eigenvalue weighted by Gasteiger charge is -2.59. The zero-order valence-electron chi connectivity index (χ0n) is 21.9. The number of carbonyl (C=O) groups is 3. The second-order valence-electron chi connectivity index (χ2n) is 12.7. The molecule has 4 aliphatic carbocycles. The van der Waals surface area contributed by atoms with Crippen molar-refractivity contribution < 1.29 is 14.4 Å². The van der Waals surface area contributed by atoms with Crippen molar-refractivity contribution >= 4 is 17.5 Å². The maximum atomic E-state index is 13.5. The van der Waals surface area contributed by atoms with Gasteiger partial charge in [-0.1, -0.05) is 51.1 Å². The number of ketones is 2. The summed E-state index contributed by atoms with van der Waals surface area (Å²) in [5.41, 5.74) is 1.48. The summed E-state index contributed by atoms with van der Waals surface area (Å²) in [5, 5.41) is 3.26. The number of rotatable bonds is 6. The molecule has 4 saturated carbocycles. The molecule has 0 bridgehead atoms. The third-order valence-electron chi connectivity index (χ3n) is 11.1. The van der Waals surface area contributed by atoms with Gasteiger partial charge in [-0.3, -0.25) is 14.4 Å². The first kappa shape index (κ1) is 24.7. The van der Waals surface area contributed by atoms with E-state index in [1.54, 1.807) is 0 Å². The van der Waals surface area contributed by atoms with E-state index in [0.29, 0.717) is 55.0 Å². The minimum absolute atomic E-state index is 0.0713. The summed E-state index contributed by atoms with van der Waals surface area (Å²) in [5.74, 6) is 2.79. The van der Waals surface area contributed by atoms with Crippen LogP contribution in [0.25, 0.3) is 0 Å². The average Bonchev–Trinajstić information content (AvgIpc) is 3.19. The minimum Gasteiger partial charge on any atom is -0.349 e. The van der Waals surface area contributed by atoms with Crippen molar-refractivity contribution in [3.8, 4) is 0 Å². The number of nitrogens with one attached hydrogen (secondary N) is 1. The summed E-state index contributed by atoms with van der Waals surface area (Å²) >= 11 is 0. The Labute approximate surface area is 211 Å². The molecule has 0 aliphatic heterocycles. The SMILES string of the molecule is CCC(NC(=O)CC[C@H]1CC[C@H]2[C@@H]3C(=O)C[C@@H]4CC(=O)CC[C@]4(C)[C@H]3CC[C@]12C)c1ccccc1. The van der Waals surface area contributed by atoms with E-state index < -0.39 is 0 Å². The van der Waals surface area contributed by atoms with E-state index in [1.807, 2.05) is 18.2 Å². The number of hydrogen-bond acceptors (Lipinski definition) is 3. The van der Waals surface area contributed by atoms with Crippen molar-refractivity contribution in [2.75, 3.05) is 0 Å². The molecule has 4 nitrogen and oxygen atoms in total. The highest BCUT2D eigenvalue weighted by Gasteiger charge is 2.62. The van der Waals surface area contributed by atoms with Crippen LogP contribution in [0, 0.1) is 40.4 Å². The Morgan fingerprint density at radius 2 is 1.74 bits per heavy atom. The van der Waals surface area contributed by atoms with Crippen LogP contribution in [0.1, 0.15) is 103 Å². The van der Waals surface area contributed by atoms with E-state index in [0.717, 1.165) is 44.9 Å². The summed E-state index contributed by atoms with van der Waals surface area (Å²) in [6.07, 6.45) is 9.81. The van der Waals surface area contributed by atoms with Gasteiger partial charge < -0.3 is 5.32 Å². The average molecular weight is 478 g/mol. The standard InChI is InChI=1S/C31H43NO3/c1-4-26(20-8-6-5-7-9-20)32-28(35)13-11-21-10-12-24-29-25(15-17-30(21,24)2)31(3)16-14-23(33)18-22(31)19-27(29)34/h5-9,21-22,24-26,29H,4,10-19H2,1-3H3,(H,32,35)/t21-,22+,24+,25+,26?,29+,30-,31+/m1/s1. The molecule has 5 rings (SSSR count). The fourth-order valence-corrected chi connectivity index (χ4v) is 8.99. The Morgan fingerprint density at radius 3 is 2.49 bits per heavy atom. The van der Waals surface area contributed by atoms with Crippen molar-refractivity contribution in [1.29, 1.82) is 0 Å². The molecule has 1 N–H and O–H groups in total. The summed E-state index contributed by atoms with van der Waals surface area (Å²) in [4.78, 5) is 38.6. The van der Waals surface area contributed by atoms with Crippen molar-refractivity contribution in [2.24, 2.45) is 40.4 Å². The zero-order valence-corrected chi connectivity index (χ0v) is 21.9. The topological polar surface area (TPSA) is 63.2 Å². The molecular weight excluding hydrogens is 434 g/mol. The number of hydrogen-bond donors (Lipinski definition) is 1. The highest BCUT2D eigenvalue weighted by Crippen LogP contribution is 2.66. The Kier molecular flexibility index (Phi) is 6.70. The second kappa shape index (κ2) is 9.48. The normalized spacial score (nSPS) is 39.3. The van der Waals surface area contributed by atoms with Crippen LogP contribution in [0.4, 0.5) is 0 Å². The van der Waals surface area contributed by atoms with E-state index in [4.69, 9.17) is 0 Å². The molecule has 0 heterocycles. The fraction of sp³-hybridized carbons (Fsp3) is 0.710. The van der Waals surface area contributed by atoms with Gasteiger partial charge in [0.25, 0.3) is 0 Å². The van der Waals surface area contributed by atoms with E-state index >= 15 is 0 Å². The van der Waals surface area contributed by atoms with Gasteiger partial charge in [-0.2, -0.15) is 0 Å². The molecule has 4 aliphatic rings. The molecule has 1 aromatic rings. The second-order valence-corrected chi connectivity index (χ2v) is 12.7. The monoisotopic (exact) mass is 477 g/mol. The van der Waals surface area contributed by atoms with Crippen LogP contribution in [-0.4, -0.2) is 17.5 Å². The molecule has 0 spiro atoms. The number of carbonyl (C=O) groups excluding carboxylic acids is 3. The third-order valence-corrected chi connectivity index (χ3v) is 11.1. The predicted octanol–water partition coefficient (Wildman–Crippen LogP) is 6.44. The van der Waals surface area contributed by atoms with Crippen LogP contribution in [-0.2, 0) is 14.4 Å². The summed E-state index contributed by atoms with van der Waals surface area (Å²) in [6.45, 7) is 6.94. The van der Waals surface area contributed by atoms with Crippen molar-refractivity contribution in [3.63, 3.8) is 0 Å². The summed E-state index contributed by atoms with van der Waals surface area (Å²) < 4.78 is 0. The van der Waals surface area contributed by atoms with Crippen LogP contribution in [0.15, 0.2) is 30.3 Å². The Hall–Kier alpha value is -1.97. The van der Waals surface area contributed by atoms with Gasteiger partial charge in [0.05, 0.1) is 6.04 Å². The summed E-state index contributed by atoms with van der Waals surface area (Å²) in [6, 6.07) is 10.3. The molecule has 8 atom stereocenters. The quantitative estimate of drug-likeness (QED) is 0.513. The van der Waals surface area contributed by atoms with E-state index in [1.165, 1.54) is 5.56 Å². The molecule has 1 amide bonds. The first-order valence-corrected chi connectivity index (χ1v) is 14.1. The molecule has 190 valence electrons. The molecule has 4 heteroatoms. The van der Waals surface area contributed by atoms with Gasteiger partial charge in [0.2, 0.25) is 5.91 Å². The first-order valence-electron chi connectivity index (χ1n) is 14.1. The molecule has 4 fully saturated rings. The van der Waals surface area contributed by atoms with Gasteiger partial charge in [0.15, 0.2) is 0 Å². The Balaban J connectivity index is 1.24. The molecule has 0 saturated heterocycles. The van der Waals surface area contributed by atoms with E-state index in [2.05, 4.69) is 38.2 Å². The van der Waals surface area contributed by atoms with Crippen LogP contribution in [0.2, 0.25) is 0 Å². The molecule has 0 radical (unpaired) electrons. The number of fused-ring (bicyclic) bond motifs is 5. The molecule has 1 unspecified atom stereocenters. The van der Waals surface area contributed by atoms with Gasteiger partial charge in [-0.05, 0) is 85.0 Å². The predicted molar refractivity (Wildman–Crippen MR) is 137 cm³/mol. The Morgan fingerprint density at radius 1 is 1.00 bits per heavy atom. The van der Waals surface area contributed by atoms with Crippen LogP contribution in [0.3, 0.4) is 0 Å². The highest BCUT2D eigenvalue weighted by molar-refractivity contribution is 5.86. The number of benzene rings is 1. The summed E-state index contributed by atoms with van der Waals surface area (Å²) in [7, 11) is 0. The van der Waals surface area contributed by atoms with Crippen LogP contribution in [0.5, 0.6) is 0 Å². The van der Waals surface area contributed by atoms with Crippen LogP contribution < -0.4 is 5.32 Å². The van der Waals surface area contributed by atoms with Gasteiger partial charge >= 0.3 is 0 Å². The molecule has 35 heavy (non-hydrogen) atoms. The third kappa shape index (κ3) is 4.29. The van der Waals surface area contributed by atoms with E-state index in [-0.39, 0.29) is 34.6 Å². The van der Waals surface area contributed by atoms with Gasteiger partial charge in [-0.25, -0.2) is 0 Å².